The molecule has 1 aliphatic heterocycles. The summed E-state index contributed by atoms with van der Waals surface area (Å²) in [6.45, 7) is 2.88. The molecule has 1 heterocycles. The molecule has 0 radical (unpaired) electrons. The van der Waals surface area contributed by atoms with Crippen LogP contribution < -0.4 is 0 Å². The second kappa shape index (κ2) is 7.39. The van der Waals surface area contributed by atoms with Crippen LogP contribution in [0.15, 0.2) is 35.7 Å². The predicted molar refractivity (Wildman–Crippen MR) is 93.8 cm³/mol. The Morgan fingerprint density at radius 3 is 2.31 bits per heavy atom. The van der Waals surface area contributed by atoms with Crippen LogP contribution >= 0.6 is 0 Å². The quantitative estimate of drug-likeness (QED) is 0.680. The Morgan fingerprint density at radius 1 is 1.15 bits per heavy atom. The Bertz CT molecular complexity index is 786. The Hall–Kier alpha value is -2.51. The number of methoxy groups -OCH3 is 2. The van der Waals surface area contributed by atoms with Gasteiger partial charge in [-0.3, -0.25) is 14.4 Å². The van der Waals surface area contributed by atoms with Crippen molar-refractivity contribution in [1.82, 2.24) is 9.80 Å². The van der Waals surface area contributed by atoms with Crippen molar-refractivity contribution in [3.8, 4) is 0 Å². The Labute approximate surface area is 152 Å². The third kappa shape index (κ3) is 3.15. The molecule has 1 aliphatic carbocycles. The van der Waals surface area contributed by atoms with Gasteiger partial charge in [0.25, 0.3) is 5.91 Å². The van der Waals surface area contributed by atoms with Crippen molar-refractivity contribution in [1.29, 1.82) is 0 Å². The molecule has 0 bridgehead atoms. The number of carbonyl (C=O) groups is 3. The molecule has 1 unspecified atom stereocenters. The molecule has 0 saturated carbocycles. The normalized spacial score (nSPS) is 18.9. The summed E-state index contributed by atoms with van der Waals surface area (Å²) >= 11 is 0. The summed E-state index contributed by atoms with van der Waals surface area (Å²) in [5.74, 6) is -0.936. The molecule has 1 amide bonds. The third-order valence-corrected chi connectivity index (χ3v) is 4.58. The van der Waals surface area contributed by atoms with Crippen LogP contribution in [0.25, 0.3) is 0 Å². The van der Waals surface area contributed by atoms with Crippen LogP contribution in [0.4, 0.5) is 0 Å². The number of ether oxygens (including phenoxy) is 2. The van der Waals surface area contributed by atoms with Crippen molar-refractivity contribution in [2.24, 2.45) is 0 Å². The van der Waals surface area contributed by atoms with E-state index in [9.17, 15) is 14.4 Å². The fourth-order valence-corrected chi connectivity index (χ4v) is 3.16. The molecule has 1 aromatic carbocycles. The molecule has 1 atom stereocenters. The highest BCUT2D eigenvalue weighted by molar-refractivity contribution is 6.27. The van der Waals surface area contributed by atoms with Gasteiger partial charge in [-0.05, 0) is 6.92 Å². The Kier molecular flexibility index (Phi) is 5.20. The van der Waals surface area contributed by atoms with Crippen molar-refractivity contribution >= 4 is 17.5 Å². The maximum Gasteiger partial charge on any atom is 0.253 e. The highest BCUT2D eigenvalue weighted by Gasteiger charge is 2.44. The fraction of sp³-hybridized carbons (Fsp3) is 0.421. The van der Waals surface area contributed by atoms with E-state index in [1.54, 1.807) is 24.3 Å². The summed E-state index contributed by atoms with van der Waals surface area (Å²) < 4.78 is 10.0. The van der Waals surface area contributed by atoms with Crippen LogP contribution in [-0.2, 0) is 14.3 Å². The number of rotatable bonds is 7. The molecule has 0 spiro atoms. The van der Waals surface area contributed by atoms with Crippen LogP contribution in [-0.4, -0.2) is 73.8 Å². The fourth-order valence-electron chi connectivity index (χ4n) is 3.16. The molecule has 1 saturated heterocycles. The summed E-state index contributed by atoms with van der Waals surface area (Å²) in [7, 11) is 2.93. The van der Waals surface area contributed by atoms with E-state index < -0.39 is 0 Å². The smallest absolute Gasteiger partial charge is 0.253 e. The SMILES string of the molecule is COCCN(C(=O)COC)C1=C(N2CC2C)C(=O)c2ccccc2C1=O. The van der Waals surface area contributed by atoms with Gasteiger partial charge in [-0.25, -0.2) is 0 Å². The molecular formula is C19H22N2O5. The second-order valence-electron chi connectivity index (χ2n) is 6.37. The summed E-state index contributed by atoms with van der Waals surface area (Å²) in [5.41, 5.74) is 1.11. The maximum atomic E-state index is 13.2. The lowest BCUT2D eigenvalue weighted by atomic mass is 9.89. The maximum absolute atomic E-state index is 13.2. The van der Waals surface area contributed by atoms with E-state index in [0.717, 1.165) is 0 Å². The minimum Gasteiger partial charge on any atom is -0.383 e. The Morgan fingerprint density at radius 2 is 1.77 bits per heavy atom. The van der Waals surface area contributed by atoms with E-state index in [1.165, 1.54) is 19.1 Å². The number of amides is 1. The van der Waals surface area contributed by atoms with Crippen molar-refractivity contribution in [3.05, 3.63) is 46.8 Å². The van der Waals surface area contributed by atoms with Gasteiger partial charge in [-0.2, -0.15) is 0 Å². The van der Waals surface area contributed by atoms with Gasteiger partial charge >= 0.3 is 0 Å². The van der Waals surface area contributed by atoms with Gasteiger partial charge in [0.15, 0.2) is 0 Å². The van der Waals surface area contributed by atoms with Gasteiger partial charge in [-0.1, -0.05) is 24.3 Å². The number of fused-ring (bicyclic) bond motifs is 1. The molecule has 138 valence electrons. The number of carbonyl (C=O) groups excluding carboxylic acids is 3. The van der Waals surface area contributed by atoms with Crippen molar-refractivity contribution in [2.45, 2.75) is 13.0 Å². The van der Waals surface area contributed by atoms with Gasteiger partial charge in [0.1, 0.15) is 18.0 Å². The summed E-state index contributed by atoms with van der Waals surface area (Å²) in [6.07, 6.45) is 0. The zero-order valence-corrected chi connectivity index (χ0v) is 15.2. The zero-order valence-electron chi connectivity index (χ0n) is 15.2. The first kappa shape index (κ1) is 18.3. The minimum atomic E-state index is -0.382. The van der Waals surface area contributed by atoms with Crippen LogP contribution in [0.2, 0.25) is 0 Å². The average Bonchev–Trinajstić information content (AvgIpc) is 3.35. The first-order valence-electron chi connectivity index (χ1n) is 8.48. The molecule has 2 aliphatic rings. The lowest BCUT2D eigenvalue weighted by molar-refractivity contribution is -0.133. The molecule has 26 heavy (non-hydrogen) atoms. The van der Waals surface area contributed by atoms with E-state index in [4.69, 9.17) is 9.47 Å². The number of ketones is 2. The van der Waals surface area contributed by atoms with Crippen LogP contribution in [0.3, 0.4) is 0 Å². The molecule has 7 nitrogen and oxygen atoms in total. The van der Waals surface area contributed by atoms with E-state index in [2.05, 4.69) is 0 Å². The number of nitrogens with zero attached hydrogens (tertiary/aromatic N) is 2. The highest BCUT2D eigenvalue weighted by atomic mass is 16.5. The number of hydrogen-bond acceptors (Lipinski definition) is 6. The second-order valence-corrected chi connectivity index (χ2v) is 6.37. The van der Waals surface area contributed by atoms with E-state index in [1.807, 2.05) is 11.8 Å². The van der Waals surface area contributed by atoms with Crippen molar-refractivity contribution in [2.75, 3.05) is 40.5 Å². The average molecular weight is 358 g/mol. The lowest BCUT2D eigenvalue weighted by Gasteiger charge is -2.30. The molecule has 1 fully saturated rings. The van der Waals surface area contributed by atoms with Gasteiger partial charge in [0, 0.05) is 44.5 Å². The predicted octanol–water partition coefficient (Wildman–Crippen LogP) is 1.10. The van der Waals surface area contributed by atoms with Gasteiger partial charge < -0.3 is 19.3 Å². The lowest BCUT2D eigenvalue weighted by Crippen LogP contribution is -2.42. The number of Topliss-reactive ketones (excluding diaryl/α,β-unsaturated/α-hetero) is 2. The van der Waals surface area contributed by atoms with E-state index in [-0.39, 0.29) is 49.0 Å². The number of benzene rings is 1. The molecule has 0 N–H and O–H groups in total. The summed E-state index contributed by atoms with van der Waals surface area (Å²) in [5, 5.41) is 0. The third-order valence-electron chi connectivity index (χ3n) is 4.58. The first-order chi connectivity index (χ1) is 12.5. The monoisotopic (exact) mass is 358 g/mol. The molecule has 7 heteroatoms. The van der Waals surface area contributed by atoms with E-state index >= 15 is 0 Å². The van der Waals surface area contributed by atoms with Crippen molar-refractivity contribution < 1.29 is 23.9 Å². The molecular weight excluding hydrogens is 336 g/mol. The van der Waals surface area contributed by atoms with Crippen LogP contribution in [0.1, 0.15) is 27.6 Å². The number of hydrogen-bond donors (Lipinski definition) is 0. The highest BCUT2D eigenvalue weighted by Crippen LogP contribution is 2.35. The summed E-state index contributed by atoms with van der Waals surface area (Å²) in [6, 6.07) is 6.87. The van der Waals surface area contributed by atoms with Gasteiger partial charge in [0.2, 0.25) is 11.6 Å². The first-order valence-corrected chi connectivity index (χ1v) is 8.48. The zero-order chi connectivity index (χ0) is 18.8. The van der Waals surface area contributed by atoms with Crippen LogP contribution in [0, 0.1) is 0 Å². The van der Waals surface area contributed by atoms with E-state index in [0.29, 0.717) is 23.4 Å². The Balaban J connectivity index is 2.13. The van der Waals surface area contributed by atoms with Crippen molar-refractivity contribution in [3.63, 3.8) is 0 Å². The minimum absolute atomic E-state index is 0.122. The molecule has 3 rings (SSSR count). The van der Waals surface area contributed by atoms with Gasteiger partial charge in [0.05, 0.1) is 6.61 Å². The van der Waals surface area contributed by atoms with Crippen LogP contribution in [0.5, 0.6) is 0 Å². The largest absolute Gasteiger partial charge is 0.383 e. The standard InChI is InChI=1S/C19H22N2O5/c1-12-10-21(12)17-16(20(8-9-25-2)15(22)11-26-3)18(23)13-6-4-5-7-14(13)19(17)24/h4-7,12H,8-11H2,1-3H3. The topological polar surface area (TPSA) is 75.9 Å². The number of allylic oxidation sites excluding steroid dienone is 2. The molecule has 1 aromatic rings. The molecule has 0 aromatic heterocycles. The van der Waals surface area contributed by atoms with Gasteiger partial charge in [-0.15, -0.1) is 0 Å². The summed E-state index contributed by atoms with van der Waals surface area (Å²) in [4.78, 5) is 42.1.